The molecule has 1 aliphatic heterocycles. The van der Waals surface area contributed by atoms with Crippen LogP contribution in [0, 0.1) is 0 Å². The fraction of sp³-hybridized carbons (Fsp3) is 0.500. The van der Waals surface area contributed by atoms with Gasteiger partial charge in [0, 0.05) is 32.7 Å². The molecule has 1 N–H and O–H groups in total. The number of piperazine rings is 1. The summed E-state index contributed by atoms with van der Waals surface area (Å²) in [4.78, 5) is 4.62. The van der Waals surface area contributed by atoms with Gasteiger partial charge >= 0.3 is 0 Å². The molecule has 0 radical (unpaired) electrons. The molecule has 1 aliphatic rings. The first-order valence-electron chi connectivity index (χ1n) is 7.25. The first-order chi connectivity index (χ1) is 10.4. The van der Waals surface area contributed by atoms with E-state index in [1.807, 2.05) is 30.3 Å². The number of para-hydroxylation sites is 1. The van der Waals surface area contributed by atoms with Gasteiger partial charge in [-0.15, -0.1) is 5.10 Å². The van der Waals surface area contributed by atoms with Crippen LogP contribution in [0.1, 0.15) is 5.82 Å². The van der Waals surface area contributed by atoms with E-state index in [1.165, 1.54) is 0 Å². The van der Waals surface area contributed by atoms with E-state index in [0.717, 1.165) is 50.8 Å². The molecule has 7 nitrogen and oxygen atoms in total. The van der Waals surface area contributed by atoms with Crippen molar-refractivity contribution >= 4 is 0 Å². The van der Waals surface area contributed by atoms with Gasteiger partial charge in [-0.2, -0.15) is 4.68 Å². The van der Waals surface area contributed by atoms with Crippen LogP contribution >= 0.6 is 0 Å². The second-order valence-electron chi connectivity index (χ2n) is 5.18. The van der Waals surface area contributed by atoms with Crippen molar-refractivity contribution < 1.29 is 5.11 Å². The average Bonchev–Trinajstić information content (AvgIpc) is 2.98. The van der Waals surface area contributed by atoms with Gasteiger partial charge in [0.2, 0.25) is 0 Å². The monoisotopic (exact) mass is 288 g/mol. The van der Waals surface area contributed by atoms with Crippen molar-refractivity contribution in [1.82, 2.24) is 30.0 Å². The van der Waals surface area contributed by atoms with Gasteiger partial charge in [-0.3, -0.25) is 9.80 Å². The molecule has 3 rings (SSSR count). The van der Waals surface area contributed by atoms with Crippen molar-refractivity contribution in [1.29, 1.82) is 0 Å². The Morgan fingerprint density at radius 2 is 1.71 bits per heavy atom. The number of hydrogen-bond donors (Lipinski definition) is 1. The minimum Gasteiger partial charge on any atom is -0.395 e. The molecule has 1 aromatic heterocycles. The van der Waals surface area contributed by atoms with Crippen LogP contribution in [0.5, 0.6) is 0 Å². The number of aliphatic hydroxyl groups excluding tert-OH is 1. The maximum absolute atomic E-state index is 8.97. The summed E-state index contributed by atoms with van der Waals surface area (Å²) in [6, 6.07) is 9.94. The fourth-order valence-corrected chi connectivity index (χ4v) is 2.59. The zero-order valence-corrected chi connectivity index (χ0v) is 12.0. The Hall–Kier alpha value is -1.83. The molecular weight excluding hydrogens is 268 g/mol. The summed E-state index contributed by atoms with van der Waals surface area (Å²) in [6.07, 6.45) is 0. The number of tetrazole rings is 1. The number of nitrogens with zero attached hydrogens (tertiary/aromatic N) is 6. The van der Waals surface area contributed by atoms with E-state index in [9.17, 15) is 0 Å². The molecule has 7 heteroatoms. The van der Waals surface area contributed by atoms with Crippen LogP contribution in [0.15, 0.2) is 30.3 Å². The molecule has 112 valence electrons. The summed E-state index contributed by atoms with van der Waals surface area (Å²) in [7, 11) is 0. The molecule has 1 saturated heterocycles. The number of benzene rings is 1. The molecular formula is C14H20N6O. The van der Waals surface area contributed by atoms with Crippen LogP contribution in [0.4, 0.5) is 0 Å². The molecule has 21 heavy (non-hydrogen) atoms. The Kier molecular flexibility index (Phi) is 4.54. The largest absolute Gasteiger partial charge is 0.395 e. The third-order valence-corrected chi connectivity index (χ3v) is 3.78. The van der Waals surface area contributed by atoms with Gasteiger partial charge in [0.25, 0.3) is 0 Å². The Bertz CT molecular complexity index is 550. The Labute approximate surface area is 123 Å². The Balaban J connectivity index is 1.63. The second-order valence-corrected chi connectivity index (χ2v) is 5.18. The molecule has 0 atom stereocenters. The van der Waals surface area contributed by atoms with E-state index in [2.05, 4.69) is 25.3 Å². The zero-order valence-electron chi connectivity index (χ0n) is 12.0. The number of β-amino-alcohol motifs (C(OH)–C–C–N with tert-alkyl or cyclic N) is 1. The summed E-state index contributed by atoms with van der Waals surface area (Å²) >= 11 is 0. The van der Waals surface area contributed by atoms with Crippen molar-refractivity contribution in [3.63, 3.8) is 0 Å². The fourth-order valence-electron chi connectivity index (χ4n) is 2.59. The van der Waals surface area contributed by atoms with Gasteiger partial charge in [-0.1, -0.05) is 18.2 Å². The molecule has 0 amide bonds. The number of hydrogen-bond acceptors (Lipinski definition) is 6. The molecule has 0 unspecified atom stereocenters. The van der Waals surface area contributed by atoms with Crippen molar-refractivity contribution in [2.75, 3.05) is 39.3 Å². The molecule has 0 aliphatic carbocycles. The normalized spacial score (nSPS) is 17.2. The van der Waals surface area contributed by atoms with Gasteiger partial charge in [-0.25, -0.2) is 0 Å². The highest BCUT2D eigenvalue weighted by atomic mass is 16.3. The molecule has 2 heterocycles. The quantitative estimate of drug-likeness (QED) is 0.820. The van der Waals surface area contributed by atoms with E-state index in [1.54, 1.807) is 4.68 Å². The maximum atomic E-state index is 8.97. The summed E-state index contributed by atoms with van der Waals surface area (Å²) in [5.41, 5.74) is 0.983. The van der Waals surface area contributed by atoms with E-state index in [0.29, 0.717) is 0 Å². The lowest BCUT2D eigenvalue weighted by Gasteiger charge is -2.33. The molecule has 1 fully saturated rings. The minimum absolute atomic E-state index is 0.228. The lowest BCUT2D eigenvalue weighted by molar-refractivity contribution is 0.106. The zero-order chi connectivity index (χ0) is 14.5. The Morgan fingerprint density at radius 3 is 2.43 bits per heavy atom. The topological polar surface area (TPSA) is 70.3 Å². The first kappa shape index (κ1) is 14.1. The van der Waals surface area contributed by atoms with Gasteiger partial charge in [-0.05, 0) is 22.6 Å². The summed E-state index contributed by atoms with van der Waals surface area (Å²) in [5.74, 6) is 0.858. The number of aromatic nitrogens is 4. The molecule has 0 bridgehead atoms. The molecule has 0 spiro atoms. The van der Waals surface area contributed by atoms with Crippen molar-refractivity contribution in [3.05, 3.63) is 36.2 Å². The second kappa shape index (κ2) is 6.75. The van der Waals surface area contributed by atoms with E-state index >= 15 is 0 Å². The number of rotatable bonds is 5. The predicted molar refractivity (Wildman–Crippen MR) is 78.0 cm³/mol. The maximum Gasteiger partial charge on any atom is 0.170 e. The summed E-state index contributed by atoms with van der Waals surface area (Å²) in [6.45, 7) is 5.64. The van der Waals surface area contributed by atoms with E-state index in [-0.39, 0.29) is 6.61 Å². The molecule has 1 aromatic carbocycles. The van der Waals surface area contributed by atoms with Crippen LogP contribution in [-0.2, 0) is 6.54 Å². The predicted octanol–water partition coefficient (Wildman–Crippen LogP) is -0.228. The van der Waals surface area contributed by atoms with Gasteiger partial charge in [0.05, 0.1) is 18.8 Å². The van der Waals surface area contributed by atoms with E-state index < -0.39 is 0 Å². The van der Waals surface area contributed by atoms with Crippen molar-refractivity contribution in [2.24, 2.45) is 0 Å². The van der Waals surface area contributed by atoms with E-state index in [4.69, 9.17) is 5.11 Å². The molecule has 0 saturated carbocycles. The Morgan fingerprint density at radius 1 is 1.00 bits per heavy atom. The summed E-state index contributed by atoms with van der Waals surface area (Å²) < 4.78 is 1.79. The smallest absolute Gasteiger partial charge is 0.170 e. The van der Waals surface area contributed by atoms with Gasteiger partial charge < -0.3 is 5.11 Å². The van der Waals surface area contributed by atoms with Crippen molar-refractivity contribution in [3.8, 4) is 5.69 Å². The standard InChI is InChI=1S/C14H20N6O/c21-11-10-18-6-8-19(9-7-18)12-14-15-16-17-20(14)13-4-2-1-3-5-13/h1-5,21H,6-12H2. The molecule has 2 aromatic rings. The lowest BCUT2D eigenvalue weighted by atomic mass is 10.3. The van der Waals surface area contributed by atoms with Crippen LogP contribution in [-0.4, -0.2) is 74.4 Å². The van der Waals surface area contributed by atoms with Crippen molar-refractivity contribution in [2.45, 2.75) is 6.54 Å². The summed E-state index contributed by atoms with van der Waals surface area (Å²) in [5, 5.41) is 21.0. The van der Waals surface area contributed by atoms with Gasteiger partial charge in [0.15, 0.2) is 5.82 Å². The highest BCUT2D eigenvalue weighted by Crippen LogP contribution is 2.10. The van der Waals surface area contributed by atoms with Crippen LogP contribution < -0.4 is 0 Å². The third kappa shape index (κ3) is 3.44. The SMILES string of the molecule is OCCN1CCN(Cc2nnnn2-c2ccccc2)CC1. The highest BCUT2D eigenvalue weighted by Gasteiger charge is 2.19. The minimum atomic E-state index is 0.228. The van der Waals surface area contributed by atoms with Gasteiger partial charge in [0.1, 0.15) is 0 Å². The highest BCUT2D eigenvalue weighted by molar-refractivity contribution is 5.30. The third-order valence-electron chi connectivity index (χ3n) is 3.78. The average molecular weight is 288 g/mol. The van der Waals surface area contributed by atoms with Crippen LogP contribution in [0.25, 0.3) is 5.69 Å². The van der Waals surface area contributed by atoms with Crippen LogP contribution in [0.3, 0.4) is 0 Å². The van der Waals surface area contributed by atoms with Crippen LogP contribution in [0.2, 0.25) is 0 Å². The lowest BCUT2D eigenvalue weighted by Crippen LogP contribution is -2.46. The first-order valence-corrected chi connectivity index (χ1v) is 7.25. The number of aliphatic hydroxyl groups is 1.